The summed E-state index contributed by atoms with van der Waals surface area (Å²) in [5, 5.41) is 3.95. The van der Waals surface area contributed by atoms with Crippen molar-refractivity contribution in [2.24, 2.45) is 0 Å². The number of nitrogens with one attached hydrogen (secondary N) is 2. The number of hydrogen-bond acceptors (Lipinski definition) is 4. The van der Waals surface area contributed by atoms with Crippen molar-refractivity contribution in [1.82, 2.24) is 4.90 Å². The molecule has 1 aliphatic rings. The Labute approximate surface area is 194 Å². The van der Waals surface area contributed by atoms with Crippen LogP contribution in [0.5, 0.6) is 5.75 Å². The van der Waals surface area contributed by atoms with Crippen LogP contribution < -0.4 is 15.4 Å². The van der Waals surface area contributed by atoms with Crippen LogP contribution in [0.4, 0.5) is 38.1 Å². The fraction of sp³-hybridized carbons (Fsp3) is 0.286. The highest BCUT2D eigenvalue weighted by atomic mass is 35.5. The summed E-state index contributed by atoms with van der Waals surface area (Å²) in [7, 11) is 0. The molecule has 0 radical (unpaired) electrons. The Morgan fingerprint density at radius 2 is 1.85 bits per heavy atom. The molecular weight excluding hydrogens is 489 g/mol. The molecule has 3 rings (SSSR count). The van der Waals surface area contributed by atoms with Crippen molar-refractivity contribution >= 4 is 40.8 Å². The molecular formula is C21H17ClF5N3O4. The van der Waals surface area contributed by atoms with Crippen molar-refractivity contribution in [2.75, 3.05) is 17.2 Å². The van der Waals surface area contributed by atoms with E-state index in [0.29, 0.717) is 25.5 Å². The summed E-state index contributed by atoms with van der Waals surface area (Å²) in [5.41, 5.74) is -1.83. The average Bonchev–Trinajstić information content (AvgIpc) is 3.18. The number of rotatable bonds is 5. The molecule has 0 bridgehead atoms. The zero-order valence-electron chi connectivity index (χ0n) is 17.4. The summed E-state index contributed by atoms with van der Waals surface area (Å²) in [6.07, 6.45) is -6.75. The summed E-state index contributed by atoms with van der Waals surface area (Å²) in [6.45, 7) is 0.741. The lowest BCUT2D eigenvalue weighted by molar-refractivity contribution is -0.189. The Hall–Kier alpha value is -3.41. The number of carbonyl (C=O) groups is 3. The average molecular weight is 506 g/mol. The lowest BCUT2D eigenvalue weighted by Crippen LogP contribution is -2.36. The molecule has 0 unspecified atom stereocenters. The van der Waals surface area contributed by atoms with Gasteiger partial charge >= 0.3 is 12.2 Å². The Kier molecular flexibility index (Phi) is 7.29. The second kappa shape index (κ2) is 9.84. The number of carbonyl (C=O) groups excluding carboxylic acids is 3. The Morgan fingerprint density at radius 1 is 1.15 bits per heavy atom. The number of para-hydroxylation sites is 1. The summed E-state index contributed by atoms with van der Waals surface area (Å²) in [6, 6.07) is 3.69. The Balaban J connectivity index is 1.97. The van der Waals surface area contributed by atoms with Gasteiger partial charge in [-0.25, -0.2) is 13.6 Å². The van der Waals surface area contributed by atoms with Crippen molar-refractivity contribution in [3.8, 4) is 5.75 Å². The number of imide groups is 1. The first-order chi connectivity index (χ1) is 15.9. The number of likely N-dealkylation sites (tertiary alicyclic amines) is 1. The molecule has 1 saturated heterocycles. The van der Waals surface area contributed by atoms with Gasteiger partial charge in [0.2, 0.25) is 5.91 Å². The minimum Gasteiger partial charge on any atom is -0.480 e. The van der Waals surface area contributed by atoms with Gasteiger partial charge in [0, 0.05) is 19.0 Å². The van der Waals surface area contributed by atoms with E-state index in [-0.39, 0.29) is 18.0 Å². The first-order valence-electron chi connectivity index (χ1n) is 9.82. The molecule has 1 heterocycles. The molecule has 34 heavy (non-hydrogen) atoms. The molecule has 2 N–H and O–H groups in total. The van der Waals surface area contributed by atoms with E-state index in [1.54, 1.807) is 0 Å². The molecule has 4 amide bonds. The largest absolute Gasteiger partial charge is 0.480 e. The number of anilines is 2. The van der Waals surface area contributed by atoms with Gasteiger partial charge in [-0.3, -0.25) is 14.5 Å². The van der Waals surface area contributed by atoms with Crippen molar-refractivity contribution in [2.45, 2.75) is 32.0 Å². The maximum atomic E-state index is 14.7. The van der Waals surface area contributed by atoms with Gasteiger partial charge in [-0.1, -0.05) is 17.7 Å². The molecule has 0 saturated carbocycles. The number of nitrogens with zero attached hydrogens (tertiary/aromatic N) is 1. The number of benzene rings is 2. The molecule has 182 valence electrons. The normalized spacial score (nSPS) is 14.7. The maximum Gasteiger partial charge on any atom is 0.425 e. The highest BCUT2D eigenvalue weighted by molar-refractivity contribution is 6.34. The van der Waals surface area contributed by atoms with Gasteiger partial charge in [-0.15, -0.1) is 0 Å². The van der Waals surface area contributed by atoms with Gasteiger partial charge in [0.05, 0.1) is 22.0 Å². The van der Waals surface area contributed by atoms with Crippen LogP contribution in [-0.2, 0) is 4.79 Å². The standard InChI is InChI=1S/C21H17ClF5N3O4/c1-10(21(25,26)27)34-16-9-15(28-20(33)30-7-3-6-17(30)31)14(24)8-11(16)19(32)29-18-12(22)4-2-5-13(18)23/h2,4-5,8-10H,3,6-7H2,1H3,(H,28,33)(H,29,32)/t10-/m0/s1. The second-order valence-electron chi connectivity index (χ2n) is 7.26. The van der Waals surface area contributed by atoms with Gasteiger partial charge in [0.15, 0.2) is 6.10 Å². The maximum absolute atomic E-state index is 14.7. The monoisotopic (exact) mass is 505 g/mol. The van der Waals surface area contributed by atoms with Crippen molar-refractivity contribution in [3.05, 3.63) is 52.6 Å². The molecule has 1 atom stereocenters. The van der Waals surface area contributed by atoms with E-state index in [1.807, 2.05) is 0 Å². The van der Waals surface area contributed by atoms with Crippen molar-refractivity contribution in [1.29, 1.82) is 0 Å². The number of hydrogen-bond donors (Lipinski definition) is 2. The molecule has 1 fully saturated rings. The van der Waals surface area contributed by atoms with E-state index in [4.69, 9.17) is 16.3 Å². The third-order valence-electron chi connectivity index (χ3n) is 4.84. The van der Waals surface area contributed by atoms with Gasteiger partial charge in [0.25, 0.3) is 5.91 Å². The molecule has 0 aromatic heterocycles. The summed E-state index contributed by atoms with van der Waals surface area (Å²) in [5.74, 6) is -4.62. The minimum absolute atomic E-state index is 0.0879. The van der Waals surface area contributed by atoms with Gasteiger partial charge in [-0.05, 0) is 31.5 Å². The number of halogens is 6. The van der Waals surface area contributed by atoms with E-state index in [1.165, 1.54) is 12.1 Å². The summed E-state index contributed by atoms with van der Waals surface area (Å²) >= 11 is 5.84. The zero-order valence-corrected chi connectivity index (χ0v) is 18.2. The number of urea groups is 1. The van der Waals surface area contributed by atoms with E-state index < -0.39 is 64.4 Å². The lowest BCUT2D eigenvalue weighted by Gasteiger charge is -2.21. The van der Waals surface area contributed by atoms with Gasteiger partial charge in [-0.2, -0.15) is 13.2 Å². The van der Waals surface area contributed by atoms with Crippen LogP contribution in [0.15, 0.2) is 30.3 Å². The number of alkyl halides is 3. The molecule has 13 heteroatoms. The van der Waals surface area contributed by atoms with E-state index in [9.17, 15) is 36.3 Å². The molecule has 2 aromatic rings. The quantitative estimate of drug-likeness (QED) is 0.536. The van der Waals surface area contributed by atoms with E-state index in [0.717, 1.165) is 11.0 Å². The van der Waals surface area contributed by atoms with E-state index in [2.05, 4.69) is 10.6 Å². The molecule has 1 aliphatic heterocycles. The molecule has 0 spiro atoms. The predicted octanol–water partition coefficient (Wildman–Crippen LogP) is 5.35. The first-order valence-corrected chi connectivity index (χ1v) is 10.2. The smallest absolute Gasteiger partial charge is 0.425 e. The topological polar surface area (TPSA) is 87.7 Å². The van der Waals surface area contributed by atoms with Gasteiger partial charge < -0.3 is 15.4 Å². The van der Waals surface area contributed by atoms with Crippen LogP contribution in [-0.4, -0.2) is 41.6 Å². The van der Waals surface area contributed by atoms with Crippen molar-refractivity contribution in [3.63, 3.8) is 0 Å². The summed E-state index contributed by atoms with van der Waals surface area (Å²) in [4.78, 5) is 37.5. The SMILES string of the molecule is C[C@H](Oc1cc(NC(=O)N2CCCC2=O)c(F)cc1C(=O)Nc1c(F)cccc1Cl)C(F)(F)F. The highest BCUT2D eigenvalue weighted by Crippen LogP contribution is 2.33. The highest BCUT2D eigenvalue weighted by Gasteiger charge is 2.39. The summed E-state index contributed by atoms with van der Waals surface area (Å²) < 4.78 is 72.8. The predicted molar refractivity (Wildman–Crippen MR) is 112 cm³/mol. The number of ether oxygens (including phenoxy) is 1. The van der Waals surface area contributed by atoms with Crippen LogP contribution in [0.25, 0.3) is 0 Å². The van der Waals surface area contributed by atoms with E-state index >= 15 is 0 Å². The zero-order chi connectivity index (χ0) is 25.2. The lowest BCUT2D eigenvalue weighted by atomic mass is 10.1. The fourth-order valence-electron chi connectivity index (χ4n) is 3.03. The van der Waals surface area contributed by atoms with Crippen LogP contribution in [0, 0.1) is 11.6 Å². The molecule has 7 nitrogen and oxygen atoms in total. The van der Waals surface area contributed by atoms with Crippen LogP contribution in [0.2, 0.25) is 5.02 Å². The molecule has 2 aromatic carbocycles. The van der Waals surface area contributed by atoms with Crippen molar-refractivity contribution < 1.29 is 41.1 Å². The third-order valence-corrected chi connectivity index (χ3v) is 5.16. The Morgan fingerprint density at radius 3 is 2.44 bits per heavy atom. The van der Waals surface area contributed by atoms with Crippen LogP contribution in [0.3, 0.4) is 0 Å². The third kappa shape index (κ3) is 5.56. The first kappa shape index (κ1) is 25.2. The second-order valence-corrected chi connectivity index (χ2v) is 7.67. The number of amides is 4. The Bertz CT molecular complexity index is 1120. The fourth-order valence-corrected chi connectivity index (χ4v) is 3.24. The molecule has 0 aliphatic carbocycles. The minimum atomic E-state index is -4.84. The van der Waals surface area contributed by atoms with Crippen LogP contribution >= 0.6 is 11.6 Å². The van der Waals surface area contributed by atoms with Gasteiger partial charge in [0.1, 0.15) is 17.4 Å². The van der Waals surface area contributed by atoms with Crippen LogP contribution in [0.1, 0.15) is 30.1 Å².